The number of nitrogens with two attached hydrogens (primary N) is 1. The highest BCUT2D eigenvalue weighted by molar-refractivity contribution is 5.90. The number of hydrogen-bond acceptors (Lipinski definition) is 4. The molecule has 1 aromatic rings. The Labute approximate surface area is 93.9 Å². The Balaban J connectivity index is 2.84. The van der Waals surface area contributed by atoms with Crippen LogP contribution in [0.15, 0.2) is 30.3 Å². The molecule has 2 N–H and O–H groups in total. The van der Waals surface area contributed by atoms with Crippen molar-refractivity contribution in [3.63, 3.8) is 0 Å². The quantitative estimate of drug-likeness (QED) is 0.612. The molecule has 1 aromatic carbocycles. The maximum absolute atomic E-state index is 11.1. The van der Waals surface area contributed by atoms with Crippen molar-refractivity contribution in [2.24, 2.45) is 5.73 Å². The van der Waals surface area contributed by atoms with Gasteiger partial charge in [-0.05, 0) is 24.6 Å². The van der Waals surface area contributed by atoms with Crippen LogP contribution < -0.4 is 5.73 Å². The smallest absolute Gasteiger partial charge is 0.332 e. The van der Waals surface area contributed by atoms with Crippen LogP contribution in [-0.4, -0.2) is 12.6 Å². The molecule has 0 bridgehead atoms. The van der Waals surface area contributed by atoms with E-state index in [4.69, 9.17) is 15.7 Å². The molecule has 0 aromatic heterocycles. The largest absolute Gasteiger partial charge is 0.463 e. The van der Waals surface area contributed by atoms with Crippen LogP contribution in [0.4, 0.5) is 0 Å². The minimum Gasteiger partial charge on any atom is -0.463 e. The third kappa shape index (κ3) is 3.14. The fourth-order valence-corrected chi connectivity index (χ4v) is 1.13. The van der Waals surface area contributed by atoms with Crippen molar-refractivity contribution in [3.05, 3.63) is 41.5 Å². The summed E-state index contributed by atoms with van der Waals surface area (Å²) in [5.74, 6) is -0.468. The number of ether oxygens (including phenoxy) is 1. The van der Waals surface area contributed by atoms with Gasteiger partial charge in [0.2, 0.25) is 0 Å². The van der Waals surface area contributed by atoms with Gasteiger partial charge in [0.25, 0.3) is 0 Å². The maximum atomic E-state index is 11.1. The van der Waals surface area contributed by atoms with Gasteiger partial charge in [0.1, 0.15) is 0 Å². The summed E-state index contributed by atoms with van der Waals surface area (Å²) < 4.78 is 4.73. The van der Waals surface area contributed by atoms with E-state index in [-0.39, 0.29) is 0 Å². The Hall–Kier alpha value is -2.28. The SMILES string of the molecule is CCOC(=O)C=C(N)c1ccc(C#N)cc1. The van der Waals surface area contributed by atoms with Crippen molar-refractivity contribution >= 4 is 11.7 Å². The zero-order chi connectivity index (χ0) is 12.0. The first-order valence-electron chi connectivity index (χ1n) is 4.82. The van der Waals surface area contributed by atoms with Crippen LogP contribution in [0.1, 0.15) is 18.1 Å². The lowest BCUT2D eigenvalue weighted by Gasteiger charge is -2.01. The highest BCUT2D eigenvalue weighted by Gasteiger charge is 2.01. The lowest BCUT2D eigenvalue weighted by Crippen LogP contribution is -2.05. The van der Waals surface area contributed by atoms with E-state index in [2.05, 4.69) is 0 Å². The molecular weight excluding hydrogens is 204 g/mol. The number of rotatable bonds is 3. The Bertz CT molecular complexity index is 441. The lowest BCUT2D eigenvalue weighted by atomic mass is 10.1. The van der Waals surface area contributed by atoms with Gasteiger partial charge in [0.05, 0.1) is 18.2 Å². The zero-order valence-corrected chi connectivity index (χ0v) is 8.93. The molecule has 0 saturated heterocycles. The Kier molecular flexibility index (Phi) is 4.10. The summed E-state index contributed by atoms with van der Waals surface area (Å²) in [6.45, 7) is 2.04. The van der Waals surface area contributed by atoms with Crippen LogP contribution in [-0.2, 0) is 9.53 Å². The average Bonchev–Trinajstić information content (AvgIpc) is 2.29. The summed E-state index contributed by atoms with van der Waals surface area (Å²) in [5, 5.41) is 8.61. The van der Waals surface area contributed by atoms with Crippen LogP contribution in [0, 0.1) is 11.3 Å². The molecule has 0 aliphatic carbocycles. The van der Waals surface area contributed by atoms with Crippen molar-refractivity contribution in [1.29, 1.82) is 5.26 Å². The summed E-state index contributed by atoms with van der Waals surface area (Å²) in [5.41, 5.74) is 7.25. The van der Waals surface area contributed by atoms with Crippen LogP contribution in [0.5, 0.6) is 0 Å². The number of esters is 1. The van der Waals surface area contributed by atoms with Crippen LogP contribution >= 0.6 is 0 Å². The molecule has 0 spiro atoms. The van der Waals surface area contributed by atoms with E-state index in [0.29, 0.717) is 23.4 Å². The summed E-state index contributed by atoms with van der Waals surface area (Å²) in [6.07, 6.45) is 1.23. The molecule has 0 aliphatic heterocycles. The van der Waals surface area contributed by atoms with E-state index in [1.165, 1.54) is 6.08 Å². The summed E-state index contributed by atoms with van der Waals surface area (Å²) in [4.78, 5) is 11.1. The van der Waals surface area contributed by atoms with Gasteiger partial charge in [-0.1, -0.05) is 12.1 Å². The van der Waals surface area contributed by atoms with E-state index in [0.717, 1.165) is 0 Å². The van der Waals surface area contributed by atoms with Crippen molar-refractivity contribution in [3.8, 4) is 6.07 Å². The number of carbonyl (C=O) groups excluding carboxylic acids is 1. The normalized spacial score (nSPS) is 10.6. The molecule has 0 radical (unpaired) electrons. The predicted molar refractivity (Wildman–Crippen MR) is 60.0 cm³/mol. The Morgan fingerprint density at radius 1 is 1.50 bits per heavy atom. The zero-order valence-electron chi connectivity index (χ0n) is 8.93. The fraction of sp³-hybridized carbons (Fsp3) is 0.167. The van der Waals surface area contributed by atoms with E-state index >= 15 is 0 Å². The molecule has 0 aliphatic rings. The minimum atomic E-state index is -0.468. The number of carbonyl (C=O) groups is 1. The maximum Gasteiger partial charge on any atom is 0.332 e. The number of nitrogens with zero attached hydrogens (tertiary/aromatic N) is 1. The third-order valence-corrected chi connectivity index (χ3v) is 1.91. The second-order valence-corrected chi connectivity index (χ2v) is 3.04. The highest BCUT2D eigenvalue weighted by atomic mass is 16.5. The highest BCUT2D eigenvalue weighted by Crippen LogP contribution is 2.10. The van der Waals surface area contributed by atoms with Gasteiger partial charge in [-0.25, -0.2) is 4.79 Å². The molecule has 4 nitrogen and oxygen atoms in total. The standard InChI is InChI=1S/C12H12N2O2/c1-2-16-12(15)7-11(14)10-5-3-9(8-13)4-6-10/h3-7H,2,14H2,1H3. The fourth-order valence-electron chi connectivity index (χ4n) is 1.13. The number of hydrogen-bond donors (Lipinski definition) is 1. The molecule has 16 heavy (non-hydrogen) atoms. The van der Waals surface area contributed by atoms with E-state index in [1.54, 1.807) is 31.2 Å². The first-order valence-corrected chi connectivity index (χ1v) is 4.82. The van der Waals surface area contributed by atoms with Crippen LogP contribution in [0.2, 0.25) is 0 Å². The van der Waals surface area contributed by atoms with Crippen LogP contribution in [0.25, 0.3) is 5.70 Å². The average molecular weight is 216 g/mol. The molecule has 0 unspecified atom stereocenters. The predicted octanol–water partition coefficient (Wildman–Crippen LogP) is 1.42. The lowest BCUT2D eigenvalue weighted by molar-refractivity contribution is -0.137. The number of nitriles is 1. The first kappa shape index (κ1) is 11.8. The number of benzene rings is 1. The molecule has 0 amide bonds. The first-order chi connectivity index (χ1) is 7.67. The summed E-state index contributed by atoms with van der Waals surface area (Å²) >= 11 is 0. The van der Waals surface area contributed by atoms with Crippen molar-refractivity contribution in [2.75, 3.05) is 6.61 Å². The van der Waals surface area contributed by atoms with Gasteiger partial charge in [0, 0.05) is 11.8 Å². The van der Waals surface area contributed by atoms with Crippen LogP contribution in [0.3, 0.4) is 0 Å². The molecule has 0 heterocycles. The van der Waals surface area contributed by atoms with Gasteiger partial charge < -0.3 is 10.5 Å². The van der Waals surface area contributed by atoms with E-state index < -0.39 is 5.97 Å². The van der Waals surface area contributed by atoms with Gasteiger partial charge in [0.15, 0.2) is 0 Å². The Morgan fingerprint density at radius 3 is 2.62 bits per heavy atom. The topological polar surface area (TPSA) is 76.1 Å². The molecule has 82 valence electrons. The second-order valence-electron chi connectivity index (χ2n) is 3.04. The van der Waals surface area contributed by atoms with Gasteiger partial charge in [-0.2, -0.15) is 5.26 Å². The minimum absolute atomic E-state index is 0.315. The Morgan fingerprint density at radius 2 is 2.12 bits per heavy atom. The third-order valence-electron chi connectivity index (χ3n) is 1.91. The van der Waals surface area contributed by atoms with Gasteiger partial charge in [-0.15, -0.1) is 0 Å². The summed E-state index contributed by atoms with van der Waals surface area (Å²) in [6, 6.07) is 8.65. The van der Waals surface area contributed by atoms with Crippen molar-refractivity contribution in [2.45, 2.75) is 6.92 Å². The van der Waals surface area contributed by atoms with Crippen molar-refractivity contribution < 1.29 is 9.53 Å². The monoisotopic (exact) mass is 216 g/mol. The molecule has 0 fully saturated rings. The molecular formula is C12H12N2O2. The summed E-state index contributed by atoms with van der Waals surface area (Å²) in [7, 11) is 0. The second kappa shape index (κ2) is 5.56. The van der Waals surface area contributed by atoms with Gasteiger partial charge in [-0.3, -0.25) is 0 Å². The molecule has 4 heteroatoms. The van der Waals surface area contributed by atoms with E-state index in [1.807, 2.05) is 6.07 Å². The van der Waals surface area contributed by atoms with Gasteiger partial charge >= 0.3 is 5.97 Å². The van der Waals surface area contributed by atoms with E-state index in [9.17, 15) is 4.79 Å². The molecule has 0 atom stereocenters. The van der Waals surface area contributed by atoms with Crippen molar-refractivity contribution in [1.82, 2.24) is 0 Å². The molecule has 0 saturated carbocycles. The molecule has 1 rings (SSSR count).